The van der Waals surface area contributed by atoms with Crippen molar-refractivity contribution in [3.05, 3.63) is 36.2 Å². The lowest BCUT2D eigenvalue weighted by Gasteiger charge is -1.92. The Bertz CT molecular complexity index is 398. The van der Waals surface area contributed by atoms with E-state index in [1.54, 1.807) is 0 Å². The van der Waals surface area contributed by atoms with Gasteiger partial charge in [0.15, 0.2) is 0 Å². The number of hydrazine groups is 1. The highest BCUT2D eigenvalue weighted by Crippen LogP contribution is 2.16. The molecule has 0 fully saturated rings. The Balaban J connectivity index is 2.25. The topological polar surface area (TPSA) is 77.0 Å². The van der Waals surface area contributed by atoms with E-state index in [4.69, 9.17) is 10.3 Å². The summed E-state index contributed by atoms with van der Waals surface area (Å²) in [5.41, 5.74) is 3.36. The van der Waals surface area contributed by atoms with Crippen LogP contribution in [0.3, 0.4) is 0 Å². The highest BCUT2D eigenvalue weighted by atomic mass is 16.4. The van der Waals surface area contributed by atoms with Gasteiger partial charge in [0.05, 0.1) is 6.54 Å². The van der Waals surface area contributed by atoms with E-state index in [0.717, 1.165) is 5.56 Å². The zero-order valence-electron chi connectivity index (χ0n) is 7.47. The molecule has 0 aliphatic carbocycles. The van der Waals surface area contributed by atoms with Crippen molar-refractivity contribution < 1.29 is 4.42 Å². The fourth-order valence-corrected chi connectivity index (χ4v) is 1.11. The van der Waals surface area contributed by atoms with E-state index in [1.807, 2.05) is 30.3 Å². The molecule has 0 radical (unpaired) electrons. The first kappa shape index (κ1) is 8.86. The number of nitrogens with two attached hydrogens (primary N) is 1. The average Bonchev–Trinajstić information content (AvgIpc) is 2.68. The third-order valence-corrected chi connectivity index (χ3v) is 1.74. The largest absolute Gasteiger partial charge is 0.419 e. The van der Waals surface area contributed by atoms with Crippen molar-refractivity contribution in [1.29, 1.82) is 0 Å². The first-order valence-electron chi connectivity index (χ1n) is 4.21. The van der Waals surface area contributed by atoms with Crippen LogP contribution in [0.25, 0.3) is 11.5 Å². The number of aromatic nitrogens is 2. The number of nitrogens with one attached hydrogen (secondary N) is 1. The molecule has 0 amide bonds. The molecule has 1 aromatic carbocycles. The number of nitrogens with zero attached hydrogens (tertiary/aromatic N) is 2. The Morgan fingerprint density at radius 1 is 1.21 bits per heavy atom. The van der Waals surface area contributed by atoms with Crippen molar-refractivity contribution >= 4 is 0 Å². The van der Waals surface area contributed by atoms with E-state index < -0.39 is 0 Å². The van der Waals surface area contributed by atoms with Crippen LogP contribution >= 0.6 is 0 Å². The Hall–Kier alpha value is -1.72. The van der Waals surface area contributed by atoms with E-state index in [-0.39, 0.29) is 0 Å². The summed E-state index contributed by atoms with van der Waals surface area (Å²) in [6.45, 7) is 0.375. The van der Waals surface area contributed by atoms with Crippen LogP contribution in [0.15, 0.2) is 34.7 Å². The van der Waals surface area contributed by atoms with Crippen molar-refractivity contribution in [2.24, 2.45) is 5.84 Å². The molecule has 0 aliphatic heterocycles. The van der Waals surface area contributed by atoms with Crippen LogP contribution in [0.2, 0.25) is 0 Å². The second kappa shape index (κ2) is 3.99. The second-order valence-corrected chi connectivity index (χ2v) is 2.75. The monoisotopic (exact) mass is 190 g/mol. The van der Waals surface area contributed by atoms with E-state index >= 15 is 0 Å². The summed E-state index contributed by atoms with van der Waals surface area (Å²) in [7, 11) is 0. The van der Waals surface area contributed by atoms with Crippen molar-refractivity contribution in [1.82, 2.24) is 15.6 Å². The zero-order chi connectivity index (χ0) is 9.80. The van der Waals surface area contributed by atoms with Gasteiger partial charge in [-0.25, -0.2) is 0 Å². The molecule has 0 saturated carbocycles. The first-order chi connectivity index (χ1) is 6.90. The highest BCUT2D eigenvalue weighted by Gasteiger charge is 2.06. The van der Waals surface area contributed by atoms with Gasteiger partial charge >= 0.3 is 0 Å². The molecule has 0 spiro atoms. The maximum absolute atomic E-state index is 5.35. The summed E-state index contributed by atoms with van der Waals surface area (Å²) in [6, 6.07) is 9.59. The fraction of sp³-hybridized carbons (Fsp3) is 0.111. The number of hydrogen-bond donors (Lipinski definition) is 2. The molecule has 72 valence electrons. The summed E-state index contributed by atoms with van der Waals surface area (Å²) < 4.78 is 5.35. The lowest BCUT2D eigenvalue weighted by Crippen LogP contribution is -2.20. The van der Waals surface area contributed by atoms with Crippen LogP contribution in [-0.2, 0) is 6.54 Å². The molecule has 0 unspecified atom stereocenters. The van der Waals surface area contributed by atoms with Gasteiger partial charge in [-0.2, -0.15) is 0 Å². The predicted octanol–water partition coefficient (Wildman–Crippen LogP) is 0.700. The van der Waals surface area contributed by atoms with E-state index in [0.29, 0.717) is 18.3 Å². The summed E-state index contributed by atoms with van der Waals surface area (Å²) in [6.07, 6.45) is 0. The van der Waals surface area contributed by atoms with Crippen LogP contribution in [-0.4, -0.2) is 10.2 Å². The van der Waals surface area contributed by atoms with Crippen LogP contribution in [0.4, 0.5) is 0 Å². The van der Waals surface area contributed by atoms with Crippen LogP contribution in [0, 0.1) is 0 Å². The van der Waals surface area contributed by atoms with Crippen LogP contribution in [0.1, 0.15) is 5.89 Å². The van der Waals surface area contributed by atoms with Crippen LogP contribution < -0.4 is 11.3 Å². The van der Waals surface area contributed by atoms with Gasteiger partial charge in [0.2, 0.25) is 11.8 Å². The summed E-state index contributed by atoms with van der Waals surface area (Å²) in [4.78, 5) is 0. The highest BCUT2D eigenvalue weighted by molar-refractivity contribution is 5.51. The Labute approximate surface area is 80.9 Å². The van der Waals surface area contributed by atoms with E-state index in [1.165, 1.54) is 0 Å². The standard InChI is InChI=1S/C9H10N4O/c10-11-6-8-12-13-9(14-8)7-4-2-1-3-5-7/h1-5,11H,6,10H2. The number of rotatable bonds is 3. The lowest BCUT2D eigenvalue weighted by molar-refractivity contribution is 0.482. The Kier molecular flexibility index (Phi) is 2.53. The maximum Gasteiger partial charge on any atom is 0.247 e. The molecule has 0 atom stereocenters. The minimum absolute atomic E-state index is 0.375. The van der Waals surface area contributed by atoms with Crippen molar-refractivity contribution in [2.45, 2.75) is 6.54 Å². The second-order valence-electron chi connectivity index (χ2n) is 2.75. The summed E-state index contributed by atoms with van der Waals surface area (Å²) in [5.74, 6) is 6.12. The summed E-state index contributed by atoms with van der Waals surface area (Å²) in [5, 5.41) is 7.72. The molecule has 5 heteroatoms. The van der Waals surface area contributed by atoms with Gasteiger partial charge < -0.3 is 4.42 Å². The predicted molar refractivity (Wildman–Crippen MR) is 50.8 cm³/mol. The van der Waals surface area contributed by atoms with Gasteiger partial charge in [0.1, 0.15) is 0 Å². The molecule has 1 aromatic heterocycles. The third-order valence-electron chi connectivity index (χ3n) is 1.74. The van der Waals surface area contributed by atoms with Crippen molar-refractivity contribution in [3.8, 4) is 11.5 Å². The quantitative estimate of drug-likeness (QED) is 0.550. The van der Waals surface area contributed by atoms with Crippen LogP contribution in [0.5, 0.6) is 0 Å². The van der Waals surface area contributed by atoms with Crippen molar-refractivity contribution in [3.63, 3.8) is 0 Å². The van der Waals surface area contributed by atoms with Gasteiger partial charge in [-0.15, -0.1) is 10.2 Å². The van der Waals surface area contributed by atoms with Gasteiger partial charge in [0, 0.05) is 5.56 Å². The van der Waals surface area contributed by atoms with Gasteiger partial charge in [-0.3, -0.25) is 11.3 Å². The van der Waals surface area contributed by atoms with Gasteiger partial charge in [-0.05, 0) is 12.1 Å². The molecule has 0 aliphatic rings. The SMILES string of the molecule is NNCc1nnc(-c2ccccc2)o1. The van der Waals surface area contributed by atoms with Crippen molar-refractivity contribution in [2.75, 3.05) is 0 Å². The summed E-state index contributed by atoms with van der Waals surface area (Å²) >= 11 is 0. The molecule has 14 heavy (non-hydrogen) atoms. The lowest BCUT2D eigenvalue weighted by atomic mass is 10.2. The third kappa shape index (κ3) is 1.78. The molecule has 2 aromatic rings. The maximum atomic E-state index is 5.35. The minimum atomic E-state index is 0.375. The molecule has 2 rings (SSSR count). The molecule has 1 heterocycles. The van der Waals surface area contributed by atoms with E-state index in [2.05, 4.69) is 15.6 Å². The molecule has 0 saturated heterocycles. The molecule has 3 N–H and O–H groups in total. The first-order valence-corrected chi connectivity index (χ1v) is 4.21. The number of benzene rings is 1. The fourth-order valence-electron chi connectivity index (χ4n) is 1.11. The normalized spacial score (nSPS) is 10.4. The Morgan fingerprint density at radius 3 is 2.71 bits per heavy atom. The zero-order valence-corrected chi connectivity index (χ0v) is 7.47. The van der Waals surface area contributed by atoms with E-state index in [9.17, 15) is 0 Å². The smallest absolute Gasteiger partial charge is 0.247 e. The molecule has 5 nitrogen and oxygen atoms in total. The molecule has 0 bridgehead atoms. The number of hydrogen-bond acceptors (Lipinski definition) is 5. The van der Waals surface area contributed by atoms with Gasteiger partial charge in [0.25, 0.3) is 0 Å². The average molecular weight is 190 g/mol. The minimum Gasteiger partial charge on any atom is -0.419 e. The molecular weight excluding hydrogens is 180 g/mol. The Morgan fingerprint density at radius 2 is 2.00 bits per heavy atom. The molecular formula is C9H10N4O. The van der Waals surface area contributed by atoms with Gasteiger partial charge in [-0.1, -0.05) is 18.2 Å².